The third-order valence-electron chi connectivity index (χ3n) is 7.97. The third kappa shape index (κ3) is 5.76. The van der Waals surface area contributed by atoms with Crippen molar-refractivity contribution in [2.24, 2.45) is 0 Å². The van der Waals surface area contributed by atoms with Crippen molar-refractivity contribution < 1.29 is 4.74 Å². The molecule has 6 heteroatoms. The standard InChI is InChI=1S/C32H38ClN3OS/c1-20-7-6-8-29-31(20)32(33)30(38-29)19-36(27-12-10-26(34-4)11-13-27)18-25-17-23(9-14-28(25)37-5)24-15-21(2)35-22(3)16-24/h6-9,14-17,26-27,34H,10-13,18-19H2,1-5H3/t26-,27-. The molecule has 0 unspecified atom stereocenters. The van der Waals surface area contributed by atoms with E-state index >= 15 is 0 Å². The highest BCUT2D eigenvalue weighted by Crippen LogP contribution is 2.40. The van der Waals surface area contributed by atoms with Gasteiger partial charge in [0.2, 0.25) is 0 Å². The topological polar surface area (TPSA) is 37.4 Å². The summed E-state index contributed by atoms with van der Waals surface area (Å²) in [5.41, 5.74) is 6.92. The number of hydrogen-bond donors (Lipinski definition) is 1. The molecule has 1 aliphatic rings. The Hall–Kier alpha value is -2.44. The van der Waals surface area contributed by atoms with E-state index in [1.807, 2.05) is 11.3 Å². The average Bonchev–Trinajstić information content (AvgIpc) is 3.23. The molecule has 1 saturated carbocycles. The van der Waals surface area contributed by atoms with E-state index in [9.17, 15) is 0 Å². The average molecular weight is 548 g/mol. The van der Waals surface area contributed by atoms with E-state index in [0.717, 1.165) is 35.2 Å². The van der Waals surface area contributed by atoms with Crippen molar-refractivity contribution in [2.45, 2.75) is 71.6 Å². The Morgan fingerprint density at radius 1 is 0.974 bits per heavy atom. The fourth-order valence-corrected chi connectivity index (χ4v) is 7.64. The summed E-state index contributed by atoms with van der Waals surface area (Å²) in [6, 6.07) is 18.5. The summed E-state index contributed by atoms with van der Waals surface area (Å²) in [7, 11) is 3.86. The van der Waals surface area contributed by atoms with Gasteiger partial charge in [-0.25, -0.2) is 0 Å². The zero-order valence-corrected chi connectivity index (χ0v) is 24.7. The Morgan fingerprint density at radius 2 is 1.71 bits per heavy atom. The molecule has 2 heterocycles. The largest absolute Gasteiger partial charge is 0.496 e. The Balaban J connectivity index is 1.50. The number of methoxy groups -OCH3 is 1. The van der Waals surface area contributed by atoms with Gasteiger partial charge in [0.05, 0.1) is 12.1 Å². The number of nitrogens with zero attached hydrogens (tertiary/aromatic N) is 2. The van der Waals surface area contributed by atoms with Crippen molar-refractivity contribution in [1.82, 2.24) is 15.2 Å². The molecule has 0 spiro atoms. The van der Waals surface area contributed by atoms with Gasteiger partial charge in [0, 0.05) is 57.1 Å². The summed E-state index contributed by atoms with van der Waals surface area (Å²) in [6.45, 7) is 7.92. The molecule has 2 aromatic heterocycles. The van der Waals surface area contributed by atoms with Crippen LogP contribution in [0.25, 0.3) is 21.2 Å². The SMILES string of the molecule is CN[C@H]1CC[C@H](N(Cc2cc(-c3cc(C)nc(C)c3)ccc2OC)Cc2sc3cccc(C)c3c2Cl)CC1. The molecule has 4 aromatic rings. The van der Waals surface area contributed by atoms with Crippen LogP contribution in [0.2, 0.25) is 5.02 Å². The lowest BCUT2D eigenvalue weighted by Crippen LogP contribution is -2.41. The minimum absolute atomic E-state index is 0.501. The highest BCUT2D eigenvalue weighted by Gasteiger charge is 2.28. The number of halogens is 1. The van der Waals surface area contributed by atoms with E-state index in [1.54, 1.807) is 7.11 Å². The summed E-state index contributed by atoms with van der Waals surface area (Å²) in [6.07, 6.45) is 4.75. The molecule has 0 radical (unpaired) electrons. The lowest BCUT2D eigenvalue weighted by Gasteiger charge is -2.37. The highest BCUT2D eigenvalue weighted by molar-refractivity contribution is 7.19. The number of hydrogen-bond acceptors (Lipinski definition) is 5. The van der Waals surface area contributed by atoms with E-state index in [1.165, 1.54) is 62.9 Å². The van der Waals surface area contributed by atoms with Crippen molar-refractivity contribution in [2.75, 3.05) is 14.2 Å². The molecule has 5 rings (SSSR count). The molecule has 1 N–H and O–H groups in total. The normalized spacial score (nSPS) is 17.9. The van der Waals surface area contributed by atoms with Crippen LogP contribution in [0.3, 0.4) is 0 Å². The number of fused-ring (bicyclic) bond motifs is 1. The maximum Gasteiger partial charge on any atom is 0.123 e. The number of thiophene rings is 1. The molecule has 1 fully saturated rings. The van der Waals surface area contributed by atoms with Crippen molar-refractivity contribution >= 4 is 33.0 Å². The molecular formula is C32H38ClN3OS. The van der Waals surface area contributed by atoms with Crippen LogP contribution < -0.4 is 10.1 Å². The molecule has 1 aliphatic carbocycles. The second-order valence-corrected chi connectivity index (χ2v) is 12.2. The van der Waals surface area contributed by atoms with Gasteiger partial charge in [0.1, 0.15) is 5.75 Å². The highest BCUT2D eigenvalue weighted by atomic mass is 35.5. The monoisotopic (exact) mass is 547 g/mol. The second kappa shape index (κ2) is 11.7. The number of ether oxygens (including phenoxy) is 1. The van der Waals surface area contributed by atoms with E-state index in [0.29, 0.717) is 12.1 Å². The molecule has 0 atom stereocenters. The van der Waals surface area contributed by atoms with Crippen LogP contribution in [-0.2, 0) is 13.1 Å². The Kier molecular flexibility index (Phi) is 8.39. The van der Waals surface area contributed by atoms with Crippen LogP contribution in [-0.4, -0.2) is 36.1 Å². The predicted molar refractivity (Wildman–Crippen MR) is 162 cm³/mol. The fraction of sp³-hybridized carbons (Fsp3) is 0.406. The van der Waals surface area contributed by atoms with Gasteiger partial charge in [0.15, 0.2) is 0 Å². The zero-order valence-electron chi connectivity index (χ0n) is 23.1. The van der Waals surface area contributed by atoms with Gasteiger partial charge < -0.3 is 10.1 Å². The Labute approximate surface area is 236 Å². The molecular weight excluding hydrogens is 510 g/mol. The molecule has 0 saturated heterocycles. The number of nitrogens with one attached hydrogen (secondary N) is 1. The van der Waals surface area contributed by atoms with Crippen LogP contribution in [0.5, 0.6) is 5.75 Å². The van der Waals surface area contributed by atoms with Crippen LogP contribution in [0, 0.1) is 20.8 Å². The van der Waals surface area contributed by atoms with Gasteiger partial charge in [-0.1, -0.05) is 29.8 Å². The first-order valence-corrected chi connectivity index (χ1v) is 14.8. The van der Waals surface area contributed by atoms with Crippen LogP contribution >= 0.6 is 22.9 Å². The lowest BCUT2D eigenvalue weighted by molar-refractivity contribution is 0.130. The van der Waals surface area contributed by atoms with Crippen molar-refractivity contribution in [3.8, 4) is 16.9 Å². The third-order valence-corrected chi connectivity index (χ3v) is 9.64. The first-order valence-electron chi connectivity index (χ1n) is 13.6. The van der Waals surface area contributed by atoms with E-state index in [2.05, 4.69) is 91.6 Å². The van der Waals surface area contributed by atoms with Gasteiger partial charge in [-0.3, -0.25) is 9.88 Å². The second-order valence-electron chi connectivity index (χ2n) is 10.7. The van der Waals surface area contributed by atoms with E-state index in [4.69, 9.17) is 16.3 Å². The Bertz CT molecular complexity index is 1400. The molecule has 0 bridgehead atoms. The van der Waals surface area contributed by atoms with Crippen LogP contribution in [0.1, 0.15) is 53.1 Å². The minimum atomic E-state index is 0.501. The minimum Gasteiger partial charge on any atom is -0.496 e. The van der Waals surface area contributed by atoms with E-state index in [-0.39, 0.29) is 0 Å². The first-order chi connectivity index (χ1) is 18.4. The summed E-state index contributed by atoms with van der Waals surface area (Å²) < 4.78 is 7.14. The van der Waals surface area contributed by atoms with Crippen LogP contribution in [0.4, 0.5) is 0 Å². The Morgan fingerprint density at radius 3 is 2.37 bits per heavy atom. The summed E-state index contributed by atoms with van der Waals surface area (Å²) >= 11 is 8.87. The van der Waals surface area contributed by atoms with Gasteiger partial charge in [-0.05, 0) is 101 Å². The quantitative estimate of drug-likeness (QED) is 0.242. The smallest absolute Gasteiger partial charge is 0.123 e. The van der Waals surface area contributed by atoms with Gasteiger partial charge in [-0.2, -0.15) is 0 Å². The molecule has 4 nitrogen and oxygen atoms in total. The van der Waals surface area contributed by atoms with Crippen molar-refractivity contribution in [3.63, 3.8) is 0 Å². The fourth-order valence-electron chi connectivity index (χ4n) is 5.96. The molecule has 0 aliphatic heterocycles. The zero-order chi connectivity index (χ0) is 26.8. The van der Waals surface area contributed by atoms with Crippen molar-refractivity contribution in [3.05, 3.63) is 80.9 Å². The number of pyridine rings is 1. The van der Waals surface area contributed by atoms with Crippen LogP contribution in [0.15, 0.2) is 48.5 Å². The maximum atomic E-state index is 7.03. The summed E-state index contributed by atoms with van der Waals surface area (Å²) in [5, 5.41) is 5.61. The van der Waals surface area contributed by atoms with Gasteiger partial charge >= 0.3 is 0 Å². The first kappa shape index (κ1) is 27.1. The van der Waals surface area contributed by atoms with E-state index < -0.39 is 0 Å². The lowest BCUT2D eigenvalue weighted by atomic mass is 9.89. The molecule has 2 aromatic carbocycles. The number of benzene rings is 2. The van der Waals surface area contributed by atoms with Crippen molar-refractivity contribution in [1.29, 1.82) is 0 Å². The summed E-state index contributed by atoms with van der Waals surface area (Å²) in [5.74, 6) is 0.934. The number of rotatable bonds is 8. The molecule has 0 amide bonds. The predicted octanol–water partition coefficient (Wildman–Crippen LogP) is 8.08. The van der Waals surface area contributed by atoms with Gasteiger partial charge in [-0.15, -0.1) is 11.3 Å². The van der Waals surface area contributed by atoms with Gasteiger partial charge in [0.25, 0.3) is 0 Å². The molecule has 38 heavy (non-hydrogen) atoms. The maximum absolute atomic E-state index is 7.03. The summed E-state index contributed by atoms with van der Waals surface area (Å²) in [4.78, 5) is 8.46. The number of aryl methyl sites for hydroxylation is 3. The molecule has 200 valence electrons. The number of aromatic nitrogens is 1.